The summed E-state index contributed by atoms with van der Waals surface area (Å²) in [7, 11) is 1.61. The van der Waals surface area contributed by atoms with Gasteiger partial charge in [-0.3, -0.25) is 4.79 Å². The summed E-state index contributed by atoms with van der Waals surface area (Å²) < 4.78 is 10.4. The molecule has 1 N–H and O–H groups in total. The number of H-pyrrole nitrogens is 1. The first-order valence-electron chi connectivity index (χ1n) is 10.5. The molecule has 4 aromatic rings. The Morgan fingerprint density at radius 3 is 2.76 bits per heavy atom. The van der Waals surface area contributed by atoms with Crippen LogP contribution in [0.2, 0.25) is 0 Å². The molecule has 7 nitrogen and oxygen atoms in total. The van der Waals surface area contributed by atoms with Crippen molar-refractivity contribution in [2.45, 2.75) is 13.3 Å². The Hall–Kier alpha value is -4.26. The number of carbonyl (C=O) groups is 2. The van der Waals surface area contributed by atoms with Gasteiger partial charge in [-0.25, -0.2) is 14.8 Å². The Bertz CT molecular complexity index is 1340. The smallest absolute Gasteiger partial charge is 0.340 e. The Morgan fingerprint density at radius 2 is 1.94 bits per heavy atom. The highest BCUT2D eigenvalue weighted by molar-refractivity contribution is 6.08. The van der Waals surface area contributed by atoms with Gasteiger partial charge in [0.25, 0.3) is 0 Å². The van der Waals surface area contributed by atoms with Gasteiger partial charge in [0.1, 0.15) is 17.7 Å². The quantitative estimate of drug-likeness (QED) is 0.316. The fourth-order valence-corrected chi connectivity index (χ4v) is 3.57. The second kappa shape index (κ2) is 9.91. The summed E-state index contributed by atoms with van der Waals surface area (Å²) in [6, 6.07) is 15.1. The first-order chi connectivity index (χ1) is 16.1. The average Bonchev–Trinajstić information content (AvgIpc) is 3.28. The average molecular weight is 441 g/mol. The van der Waals surface area contributed by atoms with Crippen molar-refractivity contribution in [2.75, 3.05) is 13.7 Å². The number of nitrogens with one attached hydrogen (secondary N) is 1. The number of hydrogen-bond acceptors (Lipinski definition) is 6. The van der Waals surface area contributed by atoms with Crippen LogP contribution in [0.3, 0.4) is 0 Å². The van der Waals surface area contributed by atoms with Crippen LogP contribution in [0.1, 0.15) is 28.4 Å². The van der Waals surface area contributed by atoms with E-state index in [4.69, 9.17) is 9.47 Å². The van der Waals surface area contributed by atoms with Gasteiger partial charge in [-0.1, -0.05) is 36.4 Å². The van der Waals surface area contributed by atoms with Crippen molar-refractivity contribution in [2.24, 2.45) is 0 Å². The number of nitrogens with zero attached hydrogens (tertiary/aromatic N) is 2. The van der Waals surface area contributed by atoms with Gasteiger partial charge >= 0.3 is 5.97 Å². The van der Waals surface area contributed by atoms with E-state index in [0.29, 0.717) is 22.3 Å². The molecule has 0 aliphatic heterocycles. The minimum Gasteiger partial charge on any atom is -0.497 e. The van der Waals surface area contributed by atoms with Crippen LogP contribution in [0.25, 0.3) is 28.4 Å². The van der Waals surface area contributed by atoms with Gasteiger partial charge in [0.2, 0.25) is 0 Å². The van der Waals surface area contributed by atoms with Crippen LogP contribution in [0, 0.1) is 0 Å². The predicted octanol–water partition coefficient (Wildman–Crippen LogP) is 4.64. The van der Waals surface area contributed by atoms with E-state index in [9.17, 15) is 9.59 Å². The third kappa shape index (κ3) is 4.98. The van der Waals surface area contributed by atoms with Crippen LogP contribution in [0.15, 0.2) is 67.1 Å². The molecule has 0 unspecified atom stereocenters. The number of allylic oxidation sites excluding steroid dienone is 1. The molecule has 0 aliphatic carbocycles. The van der Waals surface area contributed by atoms with Crippen LogP contribution in [0.4, 0.5) is 0 Å². The fraction of sp³-hybridized carbons (Fsp3) is 0.154. The number of esters is 1. The van der Waals surface area contributed by atoms with Crippen molar-refractivity contribution in [1.29, 1.82) is 0 Å². The third-order valence-electron chi connectivity index (χ3n) is 5.10. The van der Waals surface area contributed by atoms with Gasteiger partial charge in [0, 0.05) is 18.2 Å². The Balaban J connectivity index is 1.59. The van der Waals surface area contributed by atoms with E-state index < -0.39 is 5.97 Å². The lowest BCUT2D eigenvalue weighted by Crippen LogP contribution is -2.04. The Morgan fingerprint density at radius 1 is 1.09 bits per heavy atom. The van der Waals surface area contributed by atoms with Crippen molar-refractivity contribution in [3.05, 3.63) is 83.8 Å². The number of rotatable bonds is 8. The summed E-state index contributed by atoms with van der Waals surface area (Å²) >= 11 is 0. The molecule has 0 aliphatic rings. The zero-order valence-corrected chi connectivity index (χ0v) is 18.4. The lowest BCUT2D eigenvalue weighted by molar-refractivity contribution is -0.113. The van der Waals surface area contributed by atoms with Gasteiger partial charge < -0.3 is 14.5 Å². The summed E-state index contributed by atoms with van der Waals surface area (Å²) in [6.45, 7) is 2.03. The number of methoxy groups -OCH3 is 1. The third-order valence-corrected chi connectivity index (χ3v) is 5.10. The number of benzene rings is 2. The van der Waals surface area contributed by atoms with Crippen LogP contribution < -0.4 is 4.74 Å². The largest absolute Gasteiger partial charge is 0.497 e. The minimum atomic E-state index is -0.436. The molecule has 0 saturated carbocycles. The molecule has 2 aromatic carbocycles. The Kier molecular flexibility index (Phi) is 6.59. The molecule has 33 heavy (non-hydrogen) atoms. The van der Waals surface area contributed by atoms with E-state index in [-0.39, 0.29) is 18.8 Å². The standard InChI is InChI=1S/C26H23N3O4/c1-3-33-26(31)22-15-27-25-23(22)24(28-16-29-25)19-8-4-7-18(12-19)13-20(30)11-10-17-6-5-9-21(14-17)32-2/h4-12,14-16H,3,13H2,1-2H3,(H,27,28,29)/b11-10+. The van der Waals surface area contributed by atoms with Gasteiger partial charge in [0.15, 0.2) is 5.78 Å². The maximum atomic E-state index is 12.6. The number of aromatic amines is 1. The maximum absolute atomic E-state index is 12.6. The molecule has 166 valence electrons. The first kappa shape index (κ1) is 22.0. The van der Waals surface area contributed by atoms with Gasteiger partial charge in [-0.05, 0) is 42.3 Å². The van der Waals surface area contributed by atoms with Crippen LogP contribution in [-0.2, 0) is 16.0 Å². The van der Waals surface area contributed by atoms with E-state index in [2.05, 4.69) is 15.0 Å². The number of aromatic nitrogens is 3. The molecule has 0 atom stereocenters. The topological polar surface area (TPSA) is 94.2 Å². The number of ether oxygens (including phenoxy) is 2. The molecule has 0 amide bonds. The van der Waals surface area contributed by atoms with Crippen molar-refractivity contribution in [3.63, 3.8) is 0 Å². The molecular formula is C26H23N3O4. The normalized spacial score (nSPS) is 11.1. The number of hydrogen-bond donors (Lipinski definition) is 1. The lowest BCUT2D eigenvalue weighted by atomic mass is 10.0. The van der Waals surface area contributed by atoms with Crippen LogP contribution in [0.5, 0.6) is 5.75 Å². The summed E-state index contributed by atoms with van der Waals surface area (Å²) in [5.74, 6) is 0.269. The van der Waals surface area contributed by atoms with E-state index in [0.717, 1.165) is 22.4 Å². The van der Waals surface area contributed by atoms with Gasteiger partial charge in [-0.15, -0.1) is 0 Å². The molecule has 2 heterocycles. The second-order valence-corrected chi connectivity index (χ2v) is 7.32. The predicted molar refractivity (Wildman–Crippen MR) is 126 cm³/mol. The highest BCUT2D eigenvalue weighted by Crippen LogP contribution is 2.29. The number of carbonyl (C=O) groups excluding carboxylic acids is 2. The monoisotopic (exact) mass is 441 g/mol. The van der Waals surface area contributed by atoms with Crippen LogP contribution >= 0.6 is 0 Å². The van der Waals surface area contributed by atoms with E-state index >= 15 is 0 Å². The summed E-state index contributed by atoms with van der Waals surface area (Å²) in [4.78, 5) is 36.6. The fourth-order valence-electron chi connectivity index (χ4n) is 3.57. The molecule has 4 rings (SSSR count). The molecule has 0 spiro atoms. The summed E-state index contributed by atoms with van der Waals surface area (Å²) in [5.41, 5.74) is 4.04. The van der Waals surface area contributed by atoms with Crippen molar-refractivity contribution in [3.8, 4) is 17.0 Å². The zero-order valence-electron chi connectivity index (χ0n) is 18.4. The lowest BCUT2D eigenvalue weighted by Gasteiger charge is -2.07. The Labute approximate surface area is 191 Å². The number of fused-ring (bicyclic) bond motifs is 1. The molecule has 7 heteroatoms. The molecule has 0 saturated heterocycles. The minimum absolute atomic E-state index is 0.0309. The molecule has 0 fully saturated rings. The summed E-state index contributed by atoms with van der Waals surface area (Å²) in [5, 5.41) is 0.595. The first-order valence-corrected chi connectivity index (χ1v) is 10.5. The summed E-state index contributed by atoms with van der Waals surface area (Å²) in [6.07, 6.45) is 6.60. The van der Waals surface area contributed by atoms with Crippen molar-refractivity contribution < 1.29 is 19.1 Å². The van der Waals surface area contributed by atoms with E-state index in [1.165, 1.54) is 6.33 Å². The molecule has 2 aromatic heterocycles. The van der Waals surface area contributed by atoms with E-state index in [1.807, 2.05) is 48.5 Å². The van der Waals surface area contributed by atoms with Gasteiger partial charge in [0.05, 0.1) is 30.4 Å². The molecular weight excluding hydrogens is 418 g/mol. The maximum Gasteiger partial charge on any atom is 0.340 e. The zero-order chi connectivity index (χ0) is 23.2. The SMILES string of the molecule is CCOC(=O)c1c[nH]c2ncnc(-c3cccc(CC(=O)/C=C/c4cccc(OC)c4)c3)c12. The van der Waals surface area contributed by atoms with Crippen molar-refractivity contribution in [1.82, 2.24) is 15.0 Å². The molecule has 0 bridgehead atoms. The number of ketones is 1. The van der Waals surface area contributed by atoms with Gasteiger partial charge in [-0.2, -0.15) is 0 Å². The molecule has 0 radical (unpaired) electrons. The highest BCUT2D eigenvalue weighted by atomic mass is 16.5. The van der Waals surface area contributed by atoms with Crippen molar-refractivity contribution >= 4 is 28.9 Å². The highest BCUT2D eigenvalue weighted by Gasteiger charge is 2.19. The van der Waals surface area contributed by atoms with Crippen LogP contribution in [-0.4, -0.2) is 40.4 Å². The second-order valence-electron chi connectivity index (χ2n) is 7.32. The van der Waals surface area contributed by atoms with E-state index in [1.54, 1.807) is 32.4 Å².